The van der Waals surface area contributed by atoms with Gasteiger partial charge in [0.05, 0.1) is 5.51 Å². The maximum Gasteiger partial charge on any atom is 0.275 e. The number of nitrogens with zero attached hydrogens (tertiary/aromatic N) is 1. The van der Waals surface area contributed by atoms with Gasteiger partial charge in [0.15, 0.2) is 0 Å². The number of carbonyl (C=O) groups excluding carboxylic acids is 1. The average molecular weight is 236 g/mol. The Morgan fingerprint density at radius 3 is 3.00 bits per heavy atom. The minimum Gasteiger partial charge on any atom is -0.320 e. The Labute approximate surface area is 96.0 Å². The van der Waals surface area contributed by atoms with Crippen LogP contribution in [0, 0.1) is 12.7 Å². The lowest BCUT2D eigenvalue weighted by atomic mass is 10.2. The van der Waals surface area contributed by atoms with Crippen LogP contribution in [-0.4, -0.2) is 10.9 Å². The number of thiazole rings is 1. The predicted octanol–water partition coefficient (Wildman–Crippen LogP) is 2.84. The van der Waals surface area contributed by atoms with Gasteiger partial charge in [-0.05, 0) is 19.1 Å². The summed E-state index contributed by atoms with van der Waals surface area (Å²) >= 11 is 1.34. The molecule has 0 radical (unpaired) electrons. The number of amides is 1. The lowest BCUT2D eigenvalue weighted by Gasteiger charge is -2.07. The molecule has 1 heterocycles. The normalized spacial score (nSPS) is 10.1. The van der Waals surface area contributed by atoms with Gasteiger partial charge in [0.1, 0.15) is 11.5 Å². The van der Waals surface area contributed by atoms with Crippen molar-refractivity contribution in [2.75, 3.05) is 5.32 Å². The zero-order valence-corrected chi connectivity index (χ0v) is 9.34. The van der Waals surface area contributed by atoms with E-state index in [0.29, 0.717) is 16.9 Å². The number of nitrogens with one attached hydrogen (secondary N) is 1. The second-order valence-electron chi connectivity index (χ2n) is 3.24. The molecule has 0 unspecified atom stereocenters. The van der Waals surface area contributed by atoms with E-state index in [4.69, 9.17) is 0 Å². The Balaban J connectivity index is 2.22. The molecule has 2 rings (SSSR count). The number of halogens is 1. The SMILES string of the molecule is Cc1c(F)cccc1NC(=O)c1cscn1. The summed E-state index contributed by atoms with van der Waals surface area (Å²) < 4.78 is 13.2. The molecule has 0 saturated carbocycles. The highest BCUT2D eigenvalue weighted by Crippen LogP contribution is 2.18. The molecular weight excluding hydrogens is 227 g/mol. The van der Waals surface area contributed by atoms with Crippen LogP contribution < -0.4 is 5.32 Å². The first-order valence-electron chi connectivity index (χ1n) is 4.63. The van der Waals surface area contributed by atoms with Gasteiger partial charge >= 0.3 is 0 Å². The summed E-state index contributed by atoms with van der Waals surface area (Å²) in [7, 11) is 0. The topological polar surface area (TPSA) is 42.0 Å². The van der Waals surface area contributed by atoms with E-state index in [1.54, 1.807) is 29.9 Å². The quantitative estimate of drug-likeness (QED) is 0.871. The van der Waals surface area contributed by atoms with Gasteiger partial charge in [0, 0.05) is 16.6 Å². The molecule has 82 valence electrons. The Morgan fingerprint density at radius 1 is 1.50 bits per heavy atom. The van der Waals surface area contributed by atoms with Gasteiger partial charge in [0.2, 0.25) is 0 Å². The summed E-state index contributed by atoms with van der Waals surface area (Å²) in [5.41, 5.74) is 2.81. The van der Waals surface area contributed by atoms with Crippen molar-refractivity contribution >= 4 is 22.9 Å². The van der Waals surface area contributed by atoms with E-state index in [-0.39, 0.29) is 11.7 Å². The highest BCUT2D eigenvalue weighted by molar-refractivity contribution is 7.07. The first-order chi connectivity index (χ1) is 7.68. The first-order valence-corrected chi connectivity index (χ1v) is 5.57. The first kappa shape index (κ1) is 10.8. The second kappa shape index (κ2) is 4.40. The summed E-state index contributed by atoms with van der Waals surface area (Å²) in [5, 5.41) is 4.26. The van der Waals surface area contributed by atoms with Crippen LogP contribution in [0.5, 0.6) is 0 Å². The van der Waals surface area contributed by atoms with E-state index in [1.165, 1.54) is 17.4 Å². The van der Waals surface area contributed by atoms with Gasteiger partial charge in [-0.3, -0.25) is 4.79 Å². The van der Waals surface area contributed by atoms with Crippen LogP contribution in [0.1, 0.15) is 16.1 Å². The summed E-state index contributed by atoms with van der Waals surface area (Å²) in [5.74, 6) is -0.661. The molecule has 0 aliphatic carbocycles. The molecule has 0 aliphatic heterocycles. The summed E-state index contributed by atoms with van der Waals surface area (Å²) in [6.45, 7) is 1.62. The average Bonchev–Trinajstić information content (AvgIpc) is 2.78. The predicted molar refractivity (Wildman–Crippen MR) is 61.2 cm³/mol. The standard InChI is InChI=1S/C11H9FN2OS/c1-7-8(12)3-2-4-9(7)14-11(15)10-5-16-6-13-10/h2-6H,1H3,(H,14,15). The van der Waals surface area contributed by atoms with Crippen molar-refractivity contribution in [2.24, 2.45) is 0 Å². The highest BCUT2D eigenvalue weighted by Gasteiger charge is 2.10. The largest absolute Gasteiger partial charge is 0.320 e. The highest BCUT2D eigenvalue weighted by atomic mass is 32.1. The molecule has 1 aromatic heterocycles. The third-order valence-electron chi connectivity index (χ3n) is 2.18. The molecule has 2 aromatic rings. The van der Waals surface area contributed by atoms with Crippen molar-refractivity contribution in [1.29, 1.82) is 0 Å². The summed E-state index contributed by atoms with van der Waals surface area (Å²) in [4.78, 5) is 15.5. The van der Waals surface area contributed by atoms with Gasteiger partial charge < -0.3 is 5.32 Å². The van der Waals surface area contributed by atoms with Gasteiger partial charge in [-0.25, -0.2) is 9.37 Å². The molecule has 0 atom stereocenters. The Hall–Kier alpha value is -1.75. The van der Waals surface area contributed by atoms with Gasteiger partial charge in [-0.15, -0.1) is 11.3 Å². The van der Waals surface area contributed by atoms with E-state index in [1.807, 2.05) is 0 Å². The van der Waals surface area contributed by atoms with Gasteiger partial charge in [-0.2, -0.15) is 0 Å². The van der Waals surface area contributed by atoms with E-state index in [2.05, 4.69) is 10.3 Å². The van der Waals surface area contributed by atoms with Crippen molar-refractivity contribution in [1.82, 2.24) is 4.98 Å². The smallest absolute Gasteiger partial charge is 0.275 e. The van der Waals surface area contributed by atoms with Crippen LogP contribution in [0.2, 0.25) is 0 Å². The lowest BCUT2D eigenvalue weighted by molar-refractivity contribution is 0.102. The summed E-state index contributed by atoms with van der Waals surface area (Å²) in [6, 6.07) is 4.56. The maximum absolute atomic E-state index is 13.2. The number of hydrogen-bond acceptors (Lipinski definition) is 3. The van der Waals surface area contributed by atoms with Crippen LogP contribution >= 0.6 is 11.3 Å². The number of hydrogen-bond donors (Lipinski definition) is 1. The third kappa shape index (κ3) is 2.09. The number of aromatic nitrogens is 1. The Kier molecular flexibility index (Phi) is 2.96. The maximum atomic E-state index is 13.2. The second-order valence-corrected chi connectivity index (χ2v) is 3.96. The van der Waals surface area contributed by atoms with Crippen molar-refractivity contribution < 1.29 is 9.18 Å². The monoisotopic (exact) mass is 236 g/mol. The molecule has 3 nitrogen and oxygen atoms in total. The molecule has 0 spiro atoms. The van der Waals surface area contributed by atoms with E-state index in [0.717, 1.165) is 0 Å². The molecular formula is C11H9FN2OS. The molecule has 0 aliphatic rings. The van der Waals surface area contributed by atoms with E-state index < -0.39 is 0 Å². The number of rotatable bonds is 2. The van der Waals surface area contributed by atoms with E-state index in [9.17, 15) is 9.18 Å². The fraction of sp³-hybridized carbons (Fsp3) is 0.0909. The lowest BCUT2D eigenvalue weighted by Crippen LogP contribution is -2.13. The van der Waals surface area contributed by atoms with Crippen LogP contribution in [0.3, 0.4) is 0 Å². The molecule has 16 heavy (non-hydrogen) atoms. The number of carbonyl (C=O) groups is 1. The van der Waals surface area contributed by atoms with E-state index >= 15 is 0 Å². The van der Waals surface area contributed by atoms with Crippen LogP contribution in [0.4, 0.5) is 10.1 Å². The fourth-order valence-corrected chi connectivity index (χ4v) is 1.79. The minimum atomic E-state index is -0.337. The molecule has 0 fully saturated rings. The van der Waals surface area contributed by atoms with Crippen LogP contribution in [0.15, 0.2) is 29.1 Å². The third-order valence-corrected chi connectivity index (χ3v) is 2.77. The fourth-order valence-electron chi connectivity index (χ4n) is 1.25. The summed E-state index contributed by atoms with van der Waals surface area (Å²) in [6.07, 6.45) is 0. The molecule has 0 saturated heterocycles. The van der Waals surface area contributed by atoms with Crippen LogP contribution in [-0.2, 0) is 0 Å². The zero-order chi connectivity index (χ0) is 11.5. The Morgan fingerprint density at radius 2 is 2.31 bits per heavy atom. The molecule has 0 bridgehead atoms. The molecule has 1 N–H and O–H groups in total. The number of anilines is 1. The molecule has 1 amide bonds. The van der Waals surface area contributed by atoms with Gasteiger partial charge in [0.25, 0.3) is 5.91 Å². The van der Waals surface area contributed by atoms with Gasteiger partial charge in [-0.1, -0.05) is 6.07 Å². The molecule has 5 heteroatoms. The van der Waals surface area contributed by atoms with Crippen molar-refractivity contribution in [3.8, 4) is 0 Å². The van der Waals surface area contributed by atoms with Crippen molar-refractivity contribution in [2.45, 2.75) is 6.92 Å². The number of benzene rings is 1. The molecule has 1 aromatic carbocycles. The Bertz CT molecular complexity index is 511. The minimum absolute atomic E-state index is 0.324. The van der Waals surface area contributed by atoms with Crippen molar-refractivity contribution in [3.05, 3.63) is 46.2 Å². The van der Waals surface area contributed by atoms with Crippen LogP contribution in [0.25, 0.3) is 0 Å². The van der Waals surface area contributed by atoms with Crippen molar-refractivity contribution in [3.63, 3.8) is 0 Å². The zero-order valence-electron chi connectivity index (χ0n) is 8.53.